The lowest BCUT2D eigenvalue weighted by atomic mass is 10.2. The fraction of sp³-hybridized carbons (Fsp3) is 0.364. The maximum absolute atomic E-state index is 11.8. The van der Waals surface area contributed by atoms with Crippen molar-refractivity contribution >= 4 is 34.8 Å². The van der Waals surface area contributed by atoms with Crippen LogP contribution in [0.1, 0.15) is 6.42 Å². The first-order valence-electron chi connectivity index (χ1n) is 5.31. The van der Waals surface area contributed by atoms with E-state index >= 15 is 0 Å². The highest BCUT2D eigenvalue weighted by Crippen LogP contribution is 2.35. The van der Waals surface area contributed by atoms with Crippen molar-refractivity contribution in [1.29, 1.82) is 0 Å². The number of carbonyl (C=O) groups excluding carboxylic acids is 1. The van der Waals surface area contributed by atoms with E-state index in [0.29, 0.717) is 0 Å². The van der Waals surface area contributed by atoms with E-state index in [0.717, 1.165) is 0 Å². The van der Waals surface area contributed by atoms with Crippen molar-refractivity contribution < 1.29 is 27.8 Å². The monoisotopic (exact) mass is 331 g/mol. The van der Waals surface area contributed by atoms with E-state index in [1.165, 1.54) is 12.1 Å². The number of anilines is 1. The summed E-state index contributed by atoms with van der Waals surface area (Å²) in [6.45, 7) is -1.82. The van der Waals surface area contributed by atoms with Crippen LogP contribution in [0.4, 0.5) is 18.9 Å². The second-order valence-electron chi connectivity index (χ2n) is 3.75. The third-order valence-corrected chi connectivity index (χ3v) is 2.55. The van der Waals surface area contributed by atoms with Crippen molar-refractivity contribution in [2.45, 2.75) is 12.6 Å². The van der Waals surface area contributed by atoms with Crippen LogP contribution in [0.15, 0.2) is 12.1 Å². The first-order valence-corrected chi connectivity index (χ1v) is 6.07. The molecule has 20 heavy (non-hydrogen) atoms. The van der Waals surface area contributed by atoms with Crippen LogP contribution in [0, 0.1) is 0 Å². The van der Waals surface area contributed by atoms with Crippen LogP contribution < -0.4 is 5.32 Å². The molecule has 1 aromatic carbocycles. The molecular formula is C11H10Cl2F3NO3. The molecule has 0 aromatic heterocycles. The fourth-order valence-electron chi connectivity index (χ4n) is 1.23. The molecular weight excluding hydrogens is 322 g/mol. The van der Waals surface area contributed by atoms with Gasteiger partial charge >= 0.3 is 6.18 Å². The molecule has 0 fully saturated rings. The number of halogens is 5. The Bertz CT molecular complexity index is 495. The summed E-state index contributed by atoms with van der Waals surface area (Å²) in [5.74, 6) is -1.01. The van der Waals surface area contributed by atoms with E-state index in [1.807, 2.05) is 0 Å². The van der Waals surface area contributed by atoms with E-state index in [4.69, 9.17) is 23.2 Å². The van der Waals surface area contributed by atoms with Crippen LogP contribution in [0.5, 0.6) is 5.75 Å². The smallest absolute Gasteiger partial charge is 0.411 e. The number of aromatic hydroxyl groups is 1. The van der Waals surface area contributed by atoms with Crippen LogP contribution in [-0.4, -0.2) is 30.4 Å². The van der Waals surface area contributed by atoms with Gasteiger partial charge in [0.05, 0.1) is 23.7 Å². The standard InChI is InChI=1S/C11H10Cl2F3NO3/c12-6-3-7(13)10(19)8(4-6)17-9(18)1-2-20-5-11(14,15)16/h3-4,19H,1-2,5H2,(H,17,18). The number of nitrogens with one attached hydrogen (secondary N) is 1. The van der Waals surface area contributed by atoms with Gasteiger partial charge in [-0.3, -0.25) is 4.79 Å². The molecule has 0 saturated heterocycles. The third-order valence-electron chi connectivity index (χ3n) is 2.04. The highest BCUT2D eigenvalue weighted by Gasteiger charge is 2.27. The predicted molar refractivity (Wildman–Crippen MR) is 68.2 cm³/mol. The van der Waals surface area contributed by atoms with Crippen LogP contribution in [-0.2, 0) is 9.53 Å². The number of alkyl halides is 3. The zero-order valence-electron chi connectivity index (χ0n) is 9.93. The van der Waals surface area contributed by atoms with Crippen LogP contribution in [0.2, 0.25) is 10.0 Å². The molecule has 1 aromatic rings. The van der Waals surface area contributed by atoms with Gasteiger partial charge in [-0.05, 0) is 12.1 Å². The Labute approximate surface area is 122 Å². The molecule has 4 nitrogen and oxygen atoms in total. The second-order valence-corrected chi connectivity index (χ2v) is 4.59. The number of carbonyl (C=O) groups is 1. The number of ether oxygens (including phenoxy) is 1. The SMILES string of the molecule is O=C(CCOCC(F)(F)F)Nc1cc(Cl)cc(Cl)c1O. The average molecular weight is 332 g/mol. The number of hydrogen-bond donors (Lipinski definition) is 2. The Kier molecular flexibility index (Phi) is 5.91. The van der Waals surface area contributed by atoms with Gasteiger partial charge < -0.3 is 15.2 Å². The Morgan fingerprint density at radius 1 is 1.35 bits per heavy atom. The van der Waals surface area contributed by atoms with Crippen molar-refractivity contribution in [2.24, 2.45) is 0 Å². The van der Waals surface area contributed by atoms with Gasteiger partial charge in [-0.25, -0.2) is 0 Å². The number of hydrogen-bond acceptors (Lipinski definition) is 3. The topological polar surface area (TPSA) is 58.6 Å². The Morgan fingerprint density at radius 3 is 2.60 bits per heavy atom. The summed E-state index contributed by atoms with van der Waals surface area (Å²) >= 11 is 11.3. The summed E-state index contributed by atoms with van der Waals surface area (Å²) in [6, 6.07) is 2.54. The summed E-state index contributed by atoms with van der Waals surface area (Å²) in [5.41, 5.74) is -0.0247. The molecule has 1 rings (SSSR count). The Morgan fingerprint density at radius 2 is 2.00 bits per heavy atom. The van der Waals surface area contributed by atoms with E-state index in [2.05, 4.69) is 10.1 Å². The van der Waals surface area contributed by atoms with E-state index < -0.39 is 25.3 Å². The van der Waals surface area contributed by atoms with Gasteiger partial charge in [0.15, 0.2) is 5.75 Å². The minimum atomic E-state index is -4.44. The highest BCUT2D eigenvalue weighted by atomic mass is 35.5. The first-order chi connectivity index (χ1) is 9.19. The van der Waals surface area contributed by atoms with Gasteiger partial charge in [0.1, 0.15) is 6.61 Å². The molecule has 112 valence electrons. The van der Waals surface area contributed by atoms with E-state index in [-0.39, 0.29) is 27.9 Å². The summed E-state index contributed by atoms with van der Waals surface area (Å²) in [7, 11) is 0. The van der Waals surface area contributed by atoms with E-state index in [1.54, 1.807) is 0 Å². The van der Waals surface area contributed by atoms with Crippen LogP contribution in [0.3, 0.4) is 0 Å². The normalized spacial score (nSPS) is 11.4. The lowest BCUT2D eigenvalue weighted by Gasteiger charge is -2.10. The Hall–Kier alpha value is -1.18. The molecule has 0 saturated carbocycles. The molecule has 0 radical (unpaired) electrons. The zero-order valence-corrected chi connectivity index (χ0v) is 11.4. The number of rotatable bonds is 5. The summed E-state index contributed by atoms with van der Waals surface area (Å²) in [6.07, 6.45) is -4.74. The third kappa shape index (κ3) is 5.85. The van der Waals surface area contributed by atoms with Gasteiger partial charge in [-0.1, -0.05) is 23.2 Å². The molecule has 2 N–H and O–H groups in total. The summed E-state index contributed by atoms with van der Waals surface area (Å²) in [4.78, 5) is 11.4. The van der Waals surface area contributed by atoms with Crippen molar-refractivity contribution in [3.05, 3.63) is 22.2 Å². The quantitative estimate of drug-likeness (QED) is 0.640. The maximum atomic E-state index is 11.8. The fourth-order valence-corrected chi connectivity index (χ4v) is 1.72. The molecule has 0 aliphatic rings. The molecule has 0 bridgehead atoms. The van der Waals surface area contributed by atoms with Crippen molar-refractivity contribution in [2.75, 3.05) is 18.5 Å². The van der Waals surface area contributed by atoms with Gasteiger partial charge in [0.25, 0.3) is 0 Å². The molecule has 0 atom stereocenters. The number of phenolic OH excluding ortho intramolecular Hbond substituents is 1. The Balaban J connectivity index is 2.47. The minimum absolute atomic E-state index is 0.0247. The molecule has 0 aliphatic carbocycles. The molecule has 0 unspecified atom stereocenters. The molecule has 9 heteroatoms. The van der Waals surface area contributed by atoms with Gasteiger partial charge in [0.2, 0.25) is 5.91 Å². The maximum Gasteiger partial charge on any atom is 0.411 e. The van der Waals surface area contributed by atoms with Crippen molar-refractivity contribution in [3.8, 4) is 5.75 Å². The van der Waals surface area contributed by atoms with Gasteiger partial charge in [0, 0.05) is 5.02 Å². The van der Waals surface area contributed by atoms with Crippen LogP contribution in [0.25, 0.3) is 0 Å². The summed E-state index contributed by atoms with van der Waals surface area (Å²) in [5, 5.41) is 12.0. The zero-order chi connectivity index (χ0) is 15.3. The molecule has 0 spiro atoms. The average Bonchev–Trinajstić information content (AvgIpc) is 2.30. The van der Waals surface area contributed by atoms with Crippen molar-refractivity contribution in [1.82, 2.24) is 0 Å². The number of phenols is 1. The predicted octanol–water partition coefficient (Wildman–Crippen LogP) is 3.61. The molecule has 0 heterocycles. The number of benzene rings is 1. The minimum Gasteiger partial charge on any atom is -0.504 e. The second kappa shape index (κ2) is 7.01. The van der Waals surface area contributed by atoms with Gasteiger partial charge in [-0.2, -0.15) is 13.2 Å². The number of amides is 1. The van der Waals surface area contributed by atoms with Crippen LogP contribution >= 0.6 is 23.2 Å². The largest absolute Gasteiger partial charge is 0.504 e. The summed E-state index contributed by atoms with van der Waals surface area (Å²) < 4.78 is 39.6. The first kappa shape index (κ1) is 16.9. The highest BCUT2D eigenvalue weighted by molar-refractivity contribution is 6.36. The molecule has 0 aliphatic heterocycles. The lowest BCUT2D eigenvalue weighted by Crippen LogP contribution is -2.20. The van der Waals surface area contributed by atoms with Crippen molar-refractivity contribution in [3.63, 3.8) is 0 Å². The lowest BCUT2D eigenvalue weighted by molar-refractivity contribution is -0.174. The van der Waals surface area contributed by atoms with E-state index in [9.17, 15) is 23.1 Å². The van der Waals surface area contributed by atoms with Gasteiger partial charge in [-0.15, -0.1) is 0 Å². The molecule has 1 amide bonds.